The van der Waals surface area contributed by atoms with Gasteiger partial charge in [0.25, 0.3) is 0 Å². The van der Waals surface area contributed by atoms with Crippen molar-refractivity contribution in [2.75, 3.05) is 0 Å². The molecule has 13 aromatic rings. The summed E-state index contributed by atoms with van der Waals surface area (Å²) >= 11 is 0. The molecule has 0 amide bonds. The lowest BCUT2D eigenvalue weighted by Crippen LogP contribution is -2.02. The summed E-state index contributed by atoms with van der Waals surface area (Å²) in [5.74, 6) is 1.72. The van der Waals surface area contributed by atoms with Crippen molar-refractivity contribution in [3.05, 3.63) is 212 Å². The maximum Gasteiger partial charge on any atom is 0.167 e. The second-order valence-electron chi connectivity index (χ2n) is 15.9. The molecule has 0 aliphatic carbocycles. The molecule has 0 N–H and O–H groups in total. The minimum Gasteiger partial charge on any atom is -0.455 e. The second-order valence-corrected chi connectivity index (χ2v) is 15.9. The molecule has 0 radical (unpaired) electrons. The maximum atomic E-state index is 6.97. The summed E-state index contributed by atoms with van der Waals surface area (Å²) < 4.78 is 11.8. The van der Waals surface area contributed by atoms with Crippen LogP contribution in [0.25, 0.3) is 122 Å². The Labute approximate surface area is 361 Å². The molecule has 0 aliphatic heterocycles. The van der Waals surface area contributed by atoms with Gasteiger partial charge in [0.1, 0.15) is 11.2 Å². The number of para-hydroxylation sites is 4. The molecule has 0 saturated carbocycles. The Bertz CT molecular complexity index is 3890. The summed E-state index contributed by atoms with van der Waals surface area (Å²) in [6, 6.07) is 74.3. The van der Waals surface area contributed by atoms with Gasteiger partial charge in [-0.1, -0.05) is 170 Å². The summed E-state index contributed by atoms with van der Waals surface area (Å²) in [6.45, 7) is 0. The highest BCUT2D eigenvalue weighted by molar-refractivity contribution is 6.25. The zero-order chi connectivity index (χ0) is 41.4. The maximum absolute atomic E-state index is 6.97. The van der Waals surface area contributed by atoms with Crippen molar-refractivity contribution < 1.29 is 4.42 Å². The third-order valence-electron chi connectivity index (χ3n) is 12.4. The van der Waals surface area contributed by atoms with Crippen molar-refractivity contribution in [3.63, 3.8) is 0 Å². The summed E-state index contributed by atoms with van der Waals surface area (Å²) in [7, 11) is 0. The van der Waals surface area contributed by atoms with Crippen LogP contribution in [0.3, 0.4) is 0 Å². The Balaban J connectivity index is 1.10. The monoisotopic (exact) mass is 805 g/mol. The first-order chi connectivity index (χ1) is 31.3. The number of hydrogen-bond acceptors (Lipinski definition) is 4. The molecule has 9 aromatic carbocycles. The molecule has 6 nitrogen and oxygen atoms in total. The minimum atomic E-state index is 0.537. The first kappa shape index (κ1) is 35.2. The van der Waals surface area contributed by atoms with E-state index in [0.29, 0.717) is 23.1 Å². The lowest BCUT2D eigenvalue weighted by Gasteiger charge is -2.14. The van der Waals surface area contributed by atoms with E-state index in [1.165, 1.54) is 21.5 Å². The molecular weight excluding hydrogens is 771 g/mol. The summed E-state index contributed by atoms with van der Waals surface area (Å²) in [5, 5.41) is 6.76. The lowest BCUT2D eigenvalue weighted by atomic mass is 10.0. The van der Waals surface area contributed by atoms with Crippen LogP contribution in [0, 0.1) is 0 Å². The van der Waals surface area contributed by atoms with E-state index in [2.05, 4.69) is 173 Å². The predicted molar refractivity (Wildman–Crippen MR) is 258 cm³/mol. The topological polar surface area (TPSA) is 61.7 Å². The van der Waals surface area contributed by atoms with E-state index in [1.807, 2.05) is 48.5 Å². The van der Waals surface area contributed by atoms with E-state index in [4.69, 9.17) is 19.4 Å². The van der Waals surface area contributed by atoms with E-state index < -0.39 is 0 Å². The Morgan fingerprint density at radius 1 is 0.333 bits per heavy atom. The molecule has 0 bridgehead atoms. The molecule has 4 aromatic heterocycles. The van der Waals surface area contributed by atoms with Crippen molar-refractivity contribution in [2.45, 2.75) is 0 Å². The highest BCUT2D eigenvalue weighted by Gasteiger charge is 2.25. The van der Waals surface area contributed by atoms with Crippen molar-refractivity contribution >= 4 is 65.6 Å². The fraction of sp³-hybridized carbons (Fsp3) is 0. The van der Waals surface area contributed by atoms with Gasteiger partial charge in [-0.25, -0.2) is 15.0 Å². The van der Waals surface area contributed by atoms with Gasteiger partial charge in [0.05, 0.1) is 38.7 Å². The zero-order valence-corrected chi connectivity index (χ0v) is 33.9. The largest absolute Gasteiger partial charge is 0.455 e. The Hall–Kier alpha value is -8.61. The predicted octanol–water partition coefficient (Wildman–Crippen LogP) is 14.6. The number of rotatable bonds is 6. The smallest absolute Gasteiger partial charge is 0.167 e. The third-order valence-corrected chi connectivity index (χ3v) is 12.4. The van der Waals surface area contributed by atoms with Gasteiger partial charge < -0.3 is 13.6 Å². The van der Waals surface area contributed by atoms with E-state index >= 15 is 0 Å². The Morgan fingerprint density at radius 2 is 0.810 bits per heavy atom. The second kappa shape index (κ2) is 14.0. The molecule has 0 fully saturated rings. The van der Waals surface area contributed by atoms with E-state index in [-0.39, 0.29) is 0 Å². The van der Waals surface area contributed by atoms with Crippen LogP contribution in [0.1, 0.15) is 0 Å². The summed E-state index contributed by atoms with van der Waals surface area (Å²) in [5.41, 5.74) is 13.0. The van der Waals surface area contributed by atoms with Crippen molar-refractivity contribution in [1.82, 2.24) is 24.1 Å². The van der Waals surface area contributed by atoms with Crippen molar-refractivity contribution in [1.29, 1.82) is 0 Å². The van der Waals surface area contributed by atoms with Crippen LogP contribution < -0.4 is 0 Å². The molecule has 0 atom stereocenters. The molecule has 0 aliphatic rings. The quantitative estimate of drug-likeness (QED) is 0.168. The number of aromatic nitrogens is 5. The van der Waals surface area contributed by atoms with E-state index in [0.717, 1.165) is 77.6 Å². The highest BCUT2D eigenvalue weighted by atomic mass is 16.3. The molecule has 63 heavy (non-hydrogen) atoms. The van der Waals surface area contributed by atoms with E-state index in [1.54, 1.807) is 0 Å². The molecule has 0 saturated heterocycles. The van der Waals surface area contributed by atoms with Crippen LogP contribution in [0.15, 0.2) is 217 Å². The van der Waals surface area contributed by atoms with Gasteiger partial charge in [-0.2, -0.15) is 0 Å². The molecule has 6 heteroatoms. The first-order valence-corrected chi connectivity index (χ1v) is 21.2. The fourth-order valence-electron chi connectivity index (χ4n) is 9.55. The molecule has 4 heterocycles. The van der Waals surface area contributed by atoms with Gasteiger partial charge in [0.15, 0.2) is 17.5 Å². The Kier molecular flexibility index (Phi) is 7.80. The van der Waals surface area contributed by atoms with Crippen molar-refractivity contribution in [2.24, 2.45) is 0 Å². The number of furan rings is 1. The first-order valence-electron chi connectivity index (χ1n) is 21.2. The lowest BCUT2D eigenvalue weighted by molar-refractivity contribution is 0.669. The molecule has 0 unspecified atom stereocenters. The molecule has 13 rings (SSSR count). The van der Waals surface area contributed by atoms with Gasteiger partial charge in [0.2, 0.25) is 0 Å². The van der Waals surface area contributed by atoms with Crippen LogP contribution in [0.4, 0.5) is 0 Å². The third kappa shape index (κ3) is 5.48. The van der Waals surface area contributed by atoms with Gasteiger partial charge in [-0.15, -0.1) is 0 Å². The SMILES string of the molecule is c1ccc(-c2ccc(-c3nc(-c4ccccc4)nc(-c4ccc(-n5c6ccccc6c6ccc7c8ccccc8n(-c8ccccc8)c7c65)c5c4oc4ccccc45)n3)cc2)cc1. The Morgan fingerprint density at radius 3 is 1.48 bits per heavy atom. The number of hydrogen-bond donors (Lipinski definition) is 0. The van der Waals surface area contributed by atoms with Gasteiger partial charge in [-0.05, 0) is 53.6 Å². The summed E-state index contributed by atoms with van der Waals surface area (Å²) in [6.07, 6.45) is 0. The van der Waals surface area contributed by atoms with Crippen LogP contribution in [-0.2, 0) is 0 Å². The standard InChI is InChI=1S/C57H35N5O/c1-4-16-36(17-5-1)37-28-30-39(31-29-37)56-58-55(38-18-6-2-7-19-38)59-57(60-56)46-34-35-49(51-45-24-12-15-27-50(45)63-54(46)51)62-48-26-14-11-23-42(48)44-33-32-43-41-22-10-13-25-47(41)61(52(43)53(44)62)40-20-8-3-9-21-40/h1-35H. The normalized spacial score (nSPS) is 11.8. The highest BCUT2D eigenvalue weighted by Crippen LogP contribution is 2.45. The fourth-order valence-corrected chi connectivity index (χ4v) is 9.55. The molecular formula is C57H35N5O. The van der Waals surface area contributed by atoms with Crippen LogP contribution in [0.5, 0.6) is 0 Å². The average Bonchev–Trinajstić information content (AvgIpc) is 4.03. The number of fused-ring (bicyclic) bond motifs is 10. The van der Waals surface area contributed by atoms with Crippen LogP contribution in [0.2, 0.25) is 0 Å². The van der Waals surface area contributed by atoms with Gasteiger partial charge >= 0.3 is 0 Å². The van der Waals surface area contributed by atoms with Gasteiger partial charge in [0, 0.05) is 43.7 Å². The number of benzene rings is 9. The molecule has 0 spiro atoms. The van der Waals surface area contributed by atoms with Gasteiger partial charge in [-0.3, -0.25) is 0 Å². The van der Waals surface area contributed by atoms with Crippen LogP contribution in [-0.4, -0.2) is 24.1 Å². The van der Waals surface area contributed by atoms with E-state index in [9.17, 15) is 0 Å². The average molecular weight is 806 g/mol. The van der Waals surface area contributed by atoms with Crippen LogP contribution >= 0.6 is 0 Å². The van der Waals surface area contributed by atoms with Crippen molar-refractivity contribution in [3.8, 4) is 56.7 Å². The zero-order valence-electron chi connectivity index (χ0n) is 33.9. The number of nitrogens with zero attached hydrogens (tertiary/aromatic N) is 5. The minimum absolute atomic E-state index is 0.537. The molecule has 294 valence electrons. The summed E-state index contributed by atoms with van der Waals surface area (Å²) in [4.78, 5) is 15.5.